The van der Waals surface area contributed by atoms with Gasteiger partial charge in [-0.2, -0.15) is 0 Å². The van der Waals surface area contributed by atoms with Crippen LogP contribution >= 0.6 is 11.8 Å². The first-order valence-corrected chi connectivity index (χ1v) is 15.9. The van der Waals surface area contributed by atoms with Crippen LogP contribution in [0.3, 0.4) is 0 Å². The van der Waals surface area contributed by atoms with E-state index in [-0.39, 0.29) is 49.7 Å². The van der Waals surface area contributed by atoms with E-state index in [1.54, 1.807) is 18.2 Å². The summed E-state index contributed by atoms with van der Waals surface area (Å²) in [7, 11) is 0. The minimum atomic E-state index is -1.01. The molecule has 1 fully saturated rings. The maximum Gasteiger partial charge on any atom is 0.336 e. The van der Waals surface area contributed by atoms with E-state index in [9.17, 15) is 24.6 Å². The molecule has 0 aromatic heterocycles. The molecule has 0 bridgehead atoms. The molecule has 1 aliphatic rings. The number of amides is 1. The van der Waals surface area contributed by atoms with E-state index in [4.69, 9.17) is 14.6 Å². The molecule has 46 heavy (non-hydrogen) atoms. The summed E-state index contributed by atoms with van der Waals surface area (Å²) in [6.45, 7) is 0.221. The predicted octanol–water partition coefficient (Wildman–Crippen LogP) is 6.36. The number of carboxylic acid groups (broad SMARTS) is 2. The normalized spacial score (nSPS) is 17.7. The van der Waals surface area contributed by atoms with Gasteiger partial charge in [0.25, 0.3) is 0 Å². The van der Waals surface area contributed by atoms with Crippen LogP contribution in [0, 0.1) is 0 Å². The number of nitrogens with one attached hydrogen (secondary N) is 1. The Bertz CT molecular complexity index is 1660. The Morgan fingerprint density at radius 2 is 1.50 bits per heavy atom. The van der Waals surface area contributed by atoms with Gasteiger partial charge < -0.3 is 30.1 Å². The van der Waals surface area contributed by atoms with E-state index in [1.807, 2.05) is 78.9 Å². The molecule has 1 aliphatic heterocycles. The summed E-state index contributed by atoms with van der Waals surface area (Å²) in [6.07, 6.45) is -0.916. The van der Waals surface area contributed by atoms with Crippen LogP contribution in [0.15, 0.2) is 102 Å². The van der Waals surface area contributed by atoms with Crippen LogP contribution in [0.1, 0.15) is 64.3 Å². The smallest absolute Gasteiger partial charge is 0.336 e. The van der Waals surface area contributed by atoms with Gasteiger partial charge in [0.05, 0.1) is 30.8 Å². The highest BCUT2D eigenvalue weighted by Gasteiger charge is 2.32. The standard InChI is InChI=1S/C36H35NO8S/c38-21-23-9-11-25(12-10-23)31-19-28(22-46-32-8-4-3-7-30(32)35(42)43)44-36(45-31)26-15-13-24(14-16-26)29-6-2-1-5-27(29)20-37-33(39)17-18-34(40)41/h1-16,28,31,36,38H,17-22H2,(H,37,39)(H,40,41)(H,42,43). The molecule has 0 radical (unpaired) electrons. The SMILES string of the molecule is O=C(O)CCC(=O)NCc1ccccc1-c1ccc(C2OC(CSc3ccccc3C(=O)O)CC(c3ccc(CO)cc3)O2)cc1. The average Bonchev–Trinajstić information content (AvgIpc) is 3.09. The van der Waals surface area contributed by atoms with Gasteiger partial charge in [0.15, 0.2) is 6.29 Å². The van der Waals surface area contributed by atoms with Gasteiger partial charge in [0.2, 0.25) is 5.91 Å². The lowest BCUT2D eigenvalue weighted by atomic mass is 9.97. The monoisotopic (exact) mass is 641 g/mol. The number of aromatic carboxylic acids is 1. The number of aliphatic carboxylic acids is 1. The number of ether oxygens (including phenoxy) is 2. The van der Waals surface area contributed by atoms with Crippen LogP contribution in [-0.4, -0.2) is 45.0 Å². The average molecular weight is 642 g/mol. The molecule has 3 atom stereocenters. The molecule has 0 aliphatic carbocycles. The fraction of sp³-hybridized carbons (Fsp3) is 0.250. The molecule has 1 amide bonds. The van der Waals surface area contributed by atoms with Crippen molar-refractivity contribution in [1.29, 1.82) is 0 Å². The Balaban J connectivity index is 1.33. The topological polar surface area (TPSA) is 142 Å². The van der Waals surface area contributed by atoms with E-state index < -0.39 is 18.2 Å². The second-order valence-corrected chi connectivity index (χ2v) is 12.0. The largest absolute Gasteiger partial charge is 0.481 e. The van der Waals surface area contributed by atoms with Crippen LogP contribution in [0.5, 0.6) is 0 Å². The number of aliphatic hydroxyl groups excluding tert-OH is 1. The molecule has 0 saturated carbocycles. The molecule has 238 valence electrons. The quantitative estimate of drug-likeness (QED) is 0.123. The Morgan fingerprint density at radius 3 is 2.22 bits per heavy atom. The minimum absolute atomic E-state index is 0.0492. The van der Waals surface area contributed by atoms with Crippen molar-refractivity contribution in [3.8, 4) is 11.1 Å². The summed E-state index contributed by atoms with van der Waals surface area (Å²) >= 11 is 1.44. The molecule has 4 N–H and O–H groups in total. The molecule has 0 spiro atoms. The van der Waals surface area contributed by atoms with E-state index >= 15 is 0 Å². The third-order valence-corrected chi connectivity index (χ3v) is 8.92. The van der Waals surface area contributed by atoms with Crippen LogP contribution in [0.25, 0.3) is 11.1 Å². The molecule has 4 aromatic rings. The van der Waals surface area contributed by atoms with Gasteiger partial charge in [-0.15, -0.1) is 11.8 Å². The summed E-state index contributed by atoms with van der Waals surface area (Å²) in [5, 5.41) is 30.8. The Hall–Kier alpha value is -4.48. The third kappa shape index (κ3) is 8.61. The molecular formula is C36H35NO8S. The summed E-state index contributed by atoms with van der Waals surface area (Å²) in [5.41, 5.74) is 5.61. The first-order valence-electron chi connectivity index (χ1n) is 14.9. The third-order valence-electron chi connectivity index (χ3n) is 7.71. The molecule has 1 heterocycles. The maximum absolute atomic E-state index is 12.1. The van der Waals surface area contributed by atoms with E-state index in [1.165, 1.54) is 11.8 Å². The summed E-state index contributed by atoms with van der Waals surface area (Å²) < 4.78 is 12.9. The van der Waals surface area contributed by atoms with Crippen molar-refractivity contribution in [1.82, 2.24) is 5.32 Å². The fourth-order valence-corrected chi connectivity index (χ4v) is 6.32. The lowest BCUT2D eigenvalue weighted by Crippen LogP contribution is -2.31. The number of benzene rings is 4. The van der Waals surface area contributed by atoms with Crippen molar-refractivity contribution >= 4 is 29.6 Å². The van der Waals surface area contributed by atoms with E-state index in [2.05, 4.69) is 5.32 Å². The highest BCUT2D eigenvalue weighted by molar-refractivity contribution is 7.99. The lowest BCUT2D eigenvalue weighted by Gasteiger charge is -2.36. The van der Waals surface area contributed by atoms with Crippen molar-refractivity contribution in [3.63, 3.8) is 0 Å². The number of carbonyl (C=O) groups excluding carboxylic acids is 1. The molecule has 9 nitrogen and oxygen atoms in total. The summed E-state index contributed by atoms with van der Waals surface area (Å²) in [5.74, 6) is -1.78. The van der Waals surface area contributed by atoms with Crippen molar-refractivity contribution in [2.75, 3.05) is 5.75 Å². The zero-order valence-corrected chi connectivity index (χ0v) is 25.8. The van der Waals surface area contributed by atoms with Crippen LogP contribution < -0.4 is 5.32 Å². The van der Waals surface area contributed by atoms with Gasteiger partial charge in [0.1, 0.15) is 0 Å². The molecule has 10 heteroatoms. The number of thioether (sulfide) groups is 1. The zero-order valence-electron chi connectivity index (χ0n) is 25.0. The van der Waals surface area contributed by atoms with Crippen LogP contribution in [0.4, 0.5) is 0 Å². The maximum atomic E-state index is 12.1. The van der Waals surface area contributed by atoms with Gasteiger partial charge in [-0.25, -0.2) is 4.79 Å². The number of carboxylic acids is 2. The second-order valence-electron chi connectivity index (χ2n) is 10.9. The molecule has 3 unspecified atom stereocenters. The first kappa shape index (κ1) is 32.9. The van der Waals surface area contributed by atoms with Gasteiger partial charge >= 0.3 is 11.9 Å². The van der Waals surface area contributed by atoms with Crippen LogP contribution in [-0.2, 0) is 32.2 Å². The molecule has 5 rings (SSSR count). The molecule has 1 saturated heterocycles. The highest BCUT2D eigenvalue weighted by atomic mass is 32.2. The van der Waals surface area contributed by atoms with Crippen molar-refractivity contribution in [2.24, 2.45) is 0 Å². The number of hydrogen-bond donors (Lipinski definition) is 4. The van der Waals surface area contributed by atoms with Crippen molar-refractivity contribution in [3.05, 3.63) is 125 Å². The number of hydrogen-bond acceptors (Lipinski definition) is 7. The van der Waals surface area contributed by atoms with Crippen molar-refractivity contribution in [2.45, 2.75) is 55.8 Å². The van der Waals surface area contributed by atoms with Crippen LogP contribution in [0.2, 0.25) is 0 Å². The lowest BCUT2D eigenvalue weighted by molar-refractivity contribution is -0.245. The second kappa shape index (κ2) is 15.7. The van der Waals surface area contributed by atoms with E-state index in [0.717, 1.165) is 33.4 Å². The summed E-state index contributed by atoms with van der Waals surface area (Å²) in [6, 6.07) is 30.1. The minimum Gasteiger partial charge on any atom is -0.481 e. The Morgan fingerprint density at radius 1 is 0.804 bits per heavy atom. The number of rotatable bonds is 13. The van der Waals surface area contributed by atoms with Gasteiger partial charge in [-0.3, -0.25) is 9.59 Å². The summed E-state index contributed by atoms with van der Waals surface area (Å²) in [4.78, 5) is 35.3. The van der Waals surface area contributed by atoms with Gasteiger partial charge in [-0.05, 0) is 39.9 Å². The molecular weight excluding hydrogens is 606 g/mol. The van der Waals surface area contributed by atoms with Gasteiger partial charge in [0, 0.05) is 35.6 Å². The Kier molecular flexibility index (Phi) is 11.2. The number of aliphatic hydroxyl groups is 1. The first-order chi connectivity index (χ1) is 22.3. The number of carbonyl (C=O) groups is 3. The molecule has 4 aromatic carbocycles. The Labute approximate surface area is 271 Å². The van der Waals surface area contributed by atoms with Crippen molar-refractivity contribution < 1.29 is 39.2 Å². The van der Waals surface area contributed by atoms with Gasteiger partial charge in [-0.1, -0.05) is 84.9 Å². The van der Waals surface area contributed by atoms with E-state index in [0.29, 0.717) is 17.1 Å². The zero-order chi connectivity index (χ0) is 32.5. The fourth-order valence-electron chi connectivity index (χ4n) is 5.25. The highest BCUT2D eigenvalue weighted by Crippen LogP contribution is 2.40. The predicted molar refractivity (Wildman–Crippen MR) is 173 cm³/mol.